The number of nitrogens with two attached hydrogens (primary N) is 1. The Morgan fingerprint density at radius 1 is 1.35 bits per heavy atom. The Balaban J connectivity index is 1.86. The number of sulfone groups is 1. The summed E-state index contributed by atoms with van der Waals surface area (Å²) in [6, 6.07) is 6.24. The third-order valence-corrected chi connectivity index (χ3v) is 4.36. The van der Waals surface area contributed by atoms with Crippen LogP contribution in [0.2, 0.25) is 0 Å². The summed E-state index contributed by atoms with van der Waals surface area (Å²) in [5.41, 5.74) is 9.52. The average molecular weight is 295 g/mol. The van der Waals surface area contributed by atoms with E-state index in [0.717, 1.165) is 18.5 Å². The molecule has 0 unspecified atom stereocenters. The van der Waals surface area contributed by atoms with Gasteiger partial charge in [-0.25, -0.2) is 8.42 Å². The number of benzene rings is 1. The van der Waals surface area contributed by atoms with E-state index < -0.39 is 9.84 Å². The van der Waals surface area contributed by atoms with E-state index in [2.05, 4.69) is 22.4 Å². The van der Waals surface area contributed by atoms with Crippen molar-refractivity contribution in [3.05, 3.63) is 29.3 Å². The summed E-state index contributed by atoms with van der Waals surface area (Å²) in [6.45, 7) is 0.414. The summed E-state index contributed by atoms with van der Waals surface area (Å²) in [5.74, 6) is 0.472. The van der Waals surface area contributed by atoms with Crippen LogP contribution >= 0.6 is 0 Å². The van der Waals surface area contributed by atoms with Crippen molar-refractivity contribution < 1.29 is 8.42 Å². The van der Waals surface area contributed by atoms with Crippen LogP contribution in [0.1, 0.15) is 24.0 Å². The lowest BCUT2D eigenvalue weighted by Gasteiger charge is -2.07. The van der Waals surface area contributed by atoms with Gasteiger partial charge < -0.3 is 11.1 Å². The van der Waals surface area contributed by atoms with Gasteiger partial charge in [-0.3, -0.25) is 4.99 Å². The summed E-state index contributed by atoms with van der Waals surface area (Å²) >= 11 is 0. The Hall–Kier alpha value is -1.56. The van der Waals surface area contributed by atoms with Crippen molar-refractivity contribution in [1.29, 1.82) is 0 Å². The minimum Gasteiger partial charge on any atom is -0.370 e. The van der Waals surface area contributed by atoms with Crippen LogP contribution in [0.5, 0.6) is 0 Å². The number of fused-ring (bicyclic) bond motifs is 1. The molecule has 0 spiro atoms. The van der Waals surface area contributed by atoms with Crippen LogP contribution in [0, 0.1) is 0 Å². The Morgan fingerprint density at radius 3 is 2.85 bits per heavy atom. The molecule has 0 aliphatic heterocycles. The second-order valence-corrected chi connectivity index (χ2v) is 7.47. The van der Waals surface area contributed by atoms with Gasteiger partial charge in [-0.2, -0.15) is 0 Å². The number of nitrogens with zero attached hydrogens (tertiary/aromatic N) is 1. The second-order valence-electron chi connectivity index (χ2n) is 5.21. The van der Waals surface area contributed by atoms with Crippen molar-refractivity contribution in [3.8, 4) is 0 Å². The van der Waals surface area contributed by atoms with Crippen LogP contribution in [-0.2, 0) is 22.7 Å². The molecule has 5 nitrogen and oxygen atoms in total. The first-order valence-corrected chi connectivity index (χ1v) is 8.86. The van der Waals surface area contributed by atoms with E-state index >= 15 is 0 Å². The van der Waals surface area contributed by atoms with Crippen LogP contribution in [-0.4, -0.2) is 32.9 Å². The highest BCUT2D eigenvalue weighted by molar-refractivity contribution is 7.90. The predicted octanol–water partition coefficient (Wildman–Crippen LogP) is 1.34. The first-order chi connectivity index (χ1) is 9.44. The molecule has 1 aromatic carbocycles. The highest BCUT2D eigenvalue weighted by Gasteiger charge is 2.10. The summed E-state index contributed by atoms with van der Waals surface area (Å²) in [4.78, 5) is 4.13. The van der Waals surface area contributed by atoms with Crippen molar-refractivity contribution in [2.75, 3.05) is 23.9 Å². The zero-order valence-corrected chi connectivity index (χ0v) is 12.5. The Bertz CT molecular complexity index is 609. The first-order valence-electron chi connectivity index (χ1n) is 6.80. The topological polar surface area (TPSA) is 84.5 Å². The molecule has 0 aromatic heterocycles. The minimum absolute atomic E-state index is 0.141. The number of hydrogen-bond donors (Lipinski definition) is 2. The molecule has 6 heteroatoms. The Morgan fingerprint density at radius 2 is 2.10 bits per heavy atom. The van der Waals surface area contributed by atoms with Gasteiger partial charge in [-0.1, -0.05) is 6.07 Å². The van der Waals surface area contributed by atoms with Crippen molar-refractivity contribution in [2.45, 2.75) is 25.7 Å². The van der Waals surface area contributed by atoms with Crippen molar-refractivity contribution >= 4 is 21.5 Å². The van der Waals surface area contributed by atoms with E-state index in [9.17, 15) is 8.42 Å². The molecule has 1 aliphatic rings. The number of hydrogen-bond acceptors (Lipinski definition) is 3. The minimum atomic E-state index is -2.92. The second kappa shape index (κ2) is 6.26. The lowest BCUT2D eigenvalue weighted by molar-refractivity contribution is 0.599. The van der Waals surface area contributed by atoms with Crippen molar-refractivity contribution in [1.82, 2.24) is 0 Å². The zero-order chi connectivity index (χ0) is 14.6. The number of guanidine groups is 1. The number of anilines is 1. The predicted molar refractivity (Wildman–Crippen MR) is 82.9 cm³/mol. The van der Waals surface area contributed by atoms with Gasteiger partial charge in [0.05, 0.1) is 5.75 Å². The van der Waals surface area contributed by atoms with Gasteiger partial charge in [-0.15, -0.1) is 0 Å². The van der Waals surface area contributed by atoms with E-state index in [1.54, 1.807) is 0 Å². The zero-order valence-electron chi connectivity index (χ0n) is 11.7. The molecule has 20 heavy (non-hydrogen) atoms. The summed E-state index contributed by atoms with van der Waals surface area (Å²) in [5, 5.41) is 3.05. The summed E-state index contributed by atoms with van der Waals surface area (Å²) in [7, 11) is -2.92. The van der Waals surface area contributed by atoms with E-state index in [1.165, 1.54) is 23.8 Å². The van der Waals surface area contributed by atoms with Crippen LogP contribution in [0.25, 0.3) is 0 Å². The molecule has 0 amide bonds. The van der Waals surface area contributed by atoms with Crippen LogP contribution < -0.4 is 11.1 Å². The third-order valence-electron chi connectivity index (χ3n) is 3.33. The fourth-order valence-corrected chi connectivity index (χ4v) is 3.02. The van der Waals surface area contributed by atoms with Crippen molar-refractivity contribution in [3.63, 3.8) is 0 Å². The third kappa shape index (κ3) is 4.52. The first kappa shape index (κ1) is 14.8. The molecule has 1 aromatic rings. The fourth-order valence-electron chi connectivity index (χ4n) is 2.36. The monoisotopic (exact) mass is 295 g/mol. The lowest BCUT2D eigenvalue weighted by Crippen LogP contribution is -2.23. The maximum absolute atomic E-state index is 11.0. The van der Waals surface area contributed by atoms with E-state index in [-0.39, 0.29) is 5.75 Å². The lowest BCUT2D eigenvalue weighted by atomic mass is 10.1. The maximum Gasteiger partial charge on any atom is 0.193 e. The molecular weight excluding hydrogens is 274 g/mol. The molecule has 0 fully saturated rings. The normalized spacial score (nSPS) is 15.2. The van der Waals surface area contributed by atoms with Crippen LogP contribution in [0.3, 0.4) is 0 Å². The molecule has 1 aliphatic carbocycles. The number of nitrogens with one attached hydrogen (secondary N) is 1. The molecule has 0 saturated carbocycles. The molecule has 110 valence electrons. The number of aliphatic imine (C=N–C) groups is 1. The maximum atomic E-state index is 11.0. The molecule has 0 heterocycles. The molecule has 0 saturated heterocycles. The largest absolute Gasteiger partial charge is 0.370 e. The smallest absolute Gasteiger partial charge is 0.193 e. The molecule has 0 radical (unpaired) electrons. The van der Waals surface area contributed by atoms with E-state index in [0.29, 0.717) is 18.9 Å². The van der Waals surface area contributed by atoms with Gasteiger partial charge in [0.1, 0.15) is 9.84 Å². The van der Waals surface area contributed by atoms with E-state index in [1.807, 2.05) is 6.07 Å². The SMILES string of the molecule is CS(=O)(=O)CCCN=C(N)Nc1ccc2c(c1)CCC2. The molecule has 0 bridgehead atoms. The highest BCUT2D eigenvalue weighted by atomic mass is 32.2. The Kier molecular flexibility index (Phi) is 4.65. The van der Waals surface area contributed by atoms with E-state index in [4.69, 9.17) is 5.73 Å². The van der Waals surface area contributed by atoms with Gasteiger partial charge >= 0.3 is 0 Å². The number of rotatable bonds is 5. The average Bonchev–Trinajstić information content (AvgIpc) is 2.81. The van der Waals surface area contributed by atoms with Gasteiger partial charge in [0.15, 0.2) is 5.96 Å². The van der Waals surface area contributed by atoms with Crippen molar-refractivity contribution in [2.24, 2.45) is 10.7 Å². The van der Waals surface area contributed by atoms with Crippen LogP contribution in [0.15, 0.2) is 23.2 Å². The number of aryl methyl sites for hydroxylation is 2. The quantitative estimate of drug-likeness (QED) is 0.488. The van der Waals surface area contributed by atoms with Gasteiger partial charge in [0.25, 0.3) is 0 Å². The van der Waals surface area contributed by atoms with Gasteiger partial charge in [0.2, 0.25) is 0 Å². The molecule has 0 atom stereocenters. The van der Waals surface area contributed by atoms with Gasteiger partial charge in [-0.05, 0) is 48.9 Å². The fraction of sp³-hybridized carbons (Fsp3) is 0.500. The highest BCUT2D eigenvalue weighted by Crippen LogP contribution is 2.24. The molecule has 3 N–H and O–H groups in total. The summed E-state index contributed by atoms with van der Waals surface area (Å²) in [6.07, 6.45) is 5.21. The Labute approximate surface area is 120 Å². The van der Waals surface area contributed by atoms with Crippen LogP contribution in [0.4, 0.5) is 5.69 Å². The molecule has 2 rings (SSSR count). The standard InChI is InChI=1S/C14H21N3O2S/c1-20(18,19)9-3-8-16-14(15)17-13-7-6-11-4-2-5-12(11)10-13/h6-7,10H,2-5,8-9H2,1H3,(H3,15,16,17). The summed E-state index contributed by atoms with van der Waals surface area (Å²) < 4.78 is 22.0. The molecular formula is C14H21N3O2S. The van der Waals surface area contributed by atoms with Gasteiger partial charge in [0, 0.05) is 18.5 Å².